The van der Waals surface area contributed by atoms with Gasteiger partial charge in [0.15, 0.2) is 4.47 Å². The van der Waals surface area contributed by atoms with Crippen molar-refractivity contribution in [2.24, 2.45) is 0 Å². The van der Waals surface area contributed by atoms with Gasteiger partial charge in [0.05, 0.1) is 5.60 Å². The fraction of sp³-hybridized carbons (Fsp3) is 0.700. The van der Waals surface area contributed by atoms with E-state index < -0.39 is 5.60 Å². The first-order valence-electron chi connectivity index (χ1n) is 5.10. The molecule has 0 aliphatic carbocycles. The van der Waals surface area contributed by atoms with Gasteiger partial charge in [-0.05, 0) is 19.8 Å². The SMILES string of the molecule is CC1(O)CCN(Cc2cnc(Cl)s2)CC1. The third-order valence-electron chi connectivity index (χ3n) is 2.84. The summed E-state index contributed by atoms with van der Waals surface area (Å²) in [5, 5.41) is 9.80. The second kappa shape index (κ2) is 4.37. The summed E-state index contributed by atoms with van der Waals surface area (Å²) >= 11 is 7.30. The molecule has 1 N–H and O–H groups in total. The van der Waals surface area contributed by atoms with Gasteiger partial charge in [-0.25, -0.2) is 4.98 Å². The molecular formula is C10H15ClN2OS. The minimum Gasteiger partial charge on any atom is -0.390 e. The molecule has 0 aromatic carbocycles. The van der Waals surface area contributed by atoms with Crippen LogP contribution in [-0.2, 0) is 6.54 Å². The Bertz CT molecular complexity index is 330. The van der Waals surface area contributed by atoms with Gasteiger partial charge >= 0.3 is 0 Å². The molecule has 2 rings (SSSR count). The first-order chi connectivity index (χ1) is 7.05. The number of hydrogen-bond acceptors (Lipinski definition) is 4. The highest BCUT2D eigenvalue weighted by atomic mass is 35.5. The van der Waals surface area contributed by atoms with Crippen LogP contribution in [0.25, 0.3) is 0 Å². The number of rotatable bonds is 2. The van der Waals surface area contributed by atoms with Gasteiger partial charge in [-0.15, -0.1) is 11.3 Å². The van der Waals surface area contributed by atoms with Crippen LogP contribution in [0.2, 0.25) is 4.47 Å². The Hall–Kier alpha value is -0.160. The van der Waals surface area contributed by atoms with E-state index >= 15 is 0 Å². The highest BCUT2D eigenvalue weighted by molar-refractivity contribution is 7.15. The van der Waals surface area contributed by atoms with E-state index in [1.165, 1.54) is 16.2 Å². The molecule has 2 heterocycles. The number of thiazole rings is 1. The van der Waals surface area contributed by atoms with Crippen LogP contribution in [0, 0.1) is 0 Å². The van der Waals surface area contributed by atoms with Crippen LogP contribution < -0.4 is 0 Å². The topological polar surface area (TPSA) is 36.4 Å². The van der Waals surface area contributed by atoms with Gasteiger partial charge in [0.25, 0.3) is 0 Å². The average molecular weight is 247 g/mol. The third kappa shape index (κ3) is 3.14. The van der Waals surface area contributed by atoms with E-state index in [2.05, 4.69) is 9.88 Å². The van der Waals surface area contributed by atoms with Gasteiger partial charge in [-0.3, -0.25) is 4.90 Å². The van der Waals surface area contributed by atoms with E-state index in [9.17, 15) is 5.11 Å². The largest absolute Gasteiger partial charge is 0.390 e. The van der Waals surface area contributed by atoms with Crippen molar-refractivity contribution >= 4 is 22.9 Å². The summed E-state index contributed by atoms with van der Waals surface area (Å²) < 4.78 is 0.606. The molecule has 0 atom stereocenters. The van der Waals surface area contributed by atoms with Crippen molar-refractivity contribution in [1.82, 2.24) is 9.88 Å². The van der Waals surface area contributed by atoms with Crippen molar-refractivity contribution in [2.45, 2.75) is 31.9 Å². The summed E-state index contributed by atoms with van der Waals surface area (Å²) in [6.07, 6.45) is 3.53. The highest BCUT2D eigenvalue weighted by Crippen LogP contribution is 2.24. The monoisotopic (exact) mass is 246 g/mol. The van der Waals surface area contributed by atoms with Gasteiger partial charge in [-0.1, -0.05) is 11.6 Å². The highest BCUT2D eigenvalue weighted by Gasteiger charge is 2.27. The number of aliphatic hydroxyl groups is 1. The van der Waals surface area contributed by atoms with E-state index in [-0.39, 0.29) is 0 Å². The molecule has 1 aromatic heterocycles. The quantitative estimate of drug-likeness (QED) is 0.869. The Balaban J connectivity index is 1.87. The van der Waals surface area contributed by atoms with Crippen LogP contribution in [0.3, 0.4) is 0 Å². The summed E-state index contributed by atoms with van der Waals surface area (Å²) in [4.78, 5) is 7.55. The Labute approximate surface area is 98.7 Å². The molecule has 0 radical (unpaired) electrons. The number of piperidine rings is 1. The predicted molar refractivity (Wildman–Crippen MR) is 62.3 cm³/mol. The second-order valence-electron chi connectivity index (χ2n) is 4.35. The van der Waals surface area contributed by atoms with Gasteiger partial charge in [-0.2, -0.15) is 0 Å². The number of aromatic nitrogens is 1. The molecule has 0 amide bonds. The fourth-order valence-electron chi connectivity index (χ4n) is 1.77. The Kier molecular flexibility index (Phi) is 3.30. The molecule has 0 spiro atoms. The smallest absolute Gasteiger partial charge is 0.183 e. The van der Waals surface area contributed by atoms with Crippen LogP contribution in [0.4, 0.5) is 0 Å². The van der Waals surface area contributed by atoms with Gasteiger partial charge in [0, 0.05) is 30.7 Å². The standard InChI is InChI=1S/C10H15ClN2OS/c1-10(14)2-4-13(5-3-10)7-8-6-12-9(11)15-8/h6,14H,2-5,7H2,1H3. The molecule has 1 aromatic rings. The first kappa shape index (κ1) is 11.3. The van der Waals surface area contributed by atoms with Crippen LogP contribution in [0.5, 0.6) is 0 Å². The molecule has 1 aliphatic heterocycles. The molecule has 3 nitrogen and oxygen atoms in total. The van der Waals surface area contributed by atoms with E-state index in [0.29, 0.717) is 4.47 Å². The van der Waals surface area contributed by atoms with Crippen LogP contribution >= 0.6 is 22.9 Å². The zero-order chi connectivity index (χ0) is 10.9. The maximum atomic E-state index is 9.80. The van der Waals surface area contributed by atoms with E-state index in [0.717, 1.165) is 32.5 Å². The molecular weight excluding hydrogens is 232 g/mol. The molecule has 1 fully saturated rings. The number of nitrogens with zero attached hydrogens (tertiary/aromatic N) is 2. The fourth-order valence-corrected chi connectivity index (χ4v) is 2.79. The molecule has 0 unspecified atom stereocenters. The maximum absolute atomic E-state index is 9.80. The van der Waals surface area contributed by atoms with Gasteiger partial charge in [0.1, 0.15) is 0 Å². The molecule has 1 saturated heterocycles. The van der Waals surface area contributed by atoms with E-state index in [1.807, 2.05) is 13.1 Å². The summed E-state index contributed by atoms with van der Waals surface area (Å²) in [7, 11) is 0. The van der Waals surface area contributed by atoms with E-state index in [4.69, 9.17) is 11.6 Å². The molecule has 5 heteroatoms. The van der Waals surface area contributed by atoms with Crippen molar-refractivity contribution in [1.29, 1.82) is 0 Å². The minimum atomic E-state index is -0.470. The molecule has 0 saturated carbocycles. The third-order valence-corrected chi connectivity index (χ3v) is 3.94. The van der Waals surface area contributed by atoms with Crippen LogP contribution in [0.15, 0.2) is 6.20 Å². The van der Waals surface area contributed by atoms with Gasteiger partial charge < -0.3 is 5.11 Å². The number of hydrogen-bond donors (Lipinski definition) is 1. The average Bonchev–Trinajstić information content (AvgIpc) is 2.55. The maximum Gasteiger partial charge on any atom is 0.183 e. The molecule has 0 bridgehead atoms. The molecule has 84 valence electrons. The summed E-state index contributed by atoms with van der Waals surface area (Å²) in [6.45, 7) is 4.71. The summed E-state index contributed by atoms with van der Waals surface area (Å²) in [5.41, 5.74) is -0.470. The Morgan fingerprint density at radius 2 is 2.27 bits per heavy atom. The van der Waals surface area contributed by atoms with Crippen LogP contribution in [-0.4, -0.2) is 33.7 Å². The zero-order valence-electron chi connectivity index (χ0n) is 8.74. The predicted octanol–water partition coefficient (Wildman–Crippen LogP) is 2.14. The second-order valence-corrected chi connectivity index (χ2v) is 6.05. The Morgan fingerprint density at radius 1 is 1.60 bits per heavy atom. The van der Waals surface area contributed by atoms with Crippen molar-refractivity contribution < 1.29 is 5.11 Å². The normalized spacial score (nSPS) is 21.8. The summed E-state index contributed by atoms with van der Waals surface area (Å²) in [5.74, 6) is 0. The lowest BCUT2D eigenvalue weighted by molar-refractivity contribution is -0.00707. The van der Waals surface area contributed by atoms with Crippen molar-refractivity contribution in [3.8, 4) is 0 Å². The van der Waals surface area contributed by atoms with Crippen molar-refractivity contribution in [3.63, 3.8) is 0 Å². The molecule has 15 heavy (non-hydrogen) atoms. The number of halogens is 1. The minimum absolute atomic E-state index is 0.470. The zero-order valence-corrected chi connectivity index (χ0v) is 10.3. The van der Waals surface area contributed by atoms with Crippen molar-refractivity contribution in [3.05, 3.63) is 15.5 Å². The van der Waals surface area contributed by atoms with Crippen LogP contribution in [0.1, 0.15) is 24.6 Å². The lowest BCUT2D eigenvalue weighted by Gasteiger charge is -2.35. The van der Waals surface area contributed by atoms with Gasteiger partial charge in [0.2, 0.25) is 0 Å². The lowest BCUT2D eigenvalue weighted by Crippen LogP contribution is -2.41. The molecule has 1 aliphatic rings. The van der Waals surface area contributed by atoms with E-state index in [1.54, 1.807) is 0 Å². The summed E-state index contributed by atoms with van der Waals surface area (Å²) in [6, 6.07) is 0. The Morgan fingerprint density at radius 3 is 2.80 bits per heavy atom. The number of likely N-dealkylation sites (tertiary alicyclic amines) is 1. The van der Waals surface area contributed by atoms with Crippen molar-refractivity contribution in [2.75, 3.05) is 13.1 Å². The lowest BCUT2D eigenvalue weighted by atomic mass is 9.94. The first-order valence-corrected chi connectivity index (χ1v) is 6.30.